The van der Waals surface area contributed by atoms with Crippen molar-refractivity contribution in [2.45, 2.75) is 26.7 Å². The van der Waals surface area contributed by atoms with Crippen LogP contribution in [-0.2, 0) is 14.4 Å². The number of carbonyl (C=O) groups excluding carboxylic acids is 3. The third-order valence-electron chi connectivity index (χ3n) is 1.80. The standard InChI is InChI=1S/C8H12N2O3/c1-5(2)8(13)9-10-6(11)3-4-7(10)12/h5H,3-4H2,1-2H3,(H,9,13). The Morgan fingerprint density at radius 1 is 1.31 bits per heavy atom. The highest BCUT2D eigenvalue weighted by Crippen LogP contribution is 2.09. The van der Waals surface area contributed by atoms with Crippen LogP contribution in [0.5, 0.6) is 0 Å². The molecule has 0 bridgehead atoms. The van der Waals surface area contributed by atoms with Crippen molar-refractivity contribution in [2.24, 2.45) is 5.92 Å². The molecule has 0 spiro atoms. The molecule has 3 amide bonds. The second-order valence-electron chi connectivity index (χ2n) is 3.25. The Hall–Kier alpha value is -1.39. The van der Waals surface area contributed by atoms with E-state index < -0.39 is 0 Å². The van der Waals surface area contributed by atoms with Crippen LogP contribution in [0.3, 0.4) is 0 Å². The molecule has 1 N–H and O–H groups in total. The van der Waals surface area contributed by atoms with Crippen LogP contribution < -0.4 is 5.43 Å². The minimum atomic E-state index is -0.334. The van der Waals surface area contributed by atoms with Gasteiger partial charge in [0.1, 0.15) is 0 Å². The number of rotatable bonds is 2. The summed E-state index contributed by atoms with van der Waals surface area (Å²) in [6.45, 7) is 3.39. The molecule has 0 atom stereocenters. The molecule has 0 saturated carbocycles. The van der Waals surface area contributed by atoms with E-state index in [9.17, 15) is 14.4 Å². The molecule has 1 fully saturated rings. The van der Waals surface area contributed by atoms with Crippen molar-refractivity contribution in [3.63, 3.8) is 0 Å². The Morgan fingerprint density at radius 2 is 1.77 bits per heavy atom. The quantitative estimate of drug-likeness (QED) is 0.605. The van der Waals surface area contributed by atoms with Gasteiger partial charge in [0.2, 0.25) is 17.7 Å². The largest absolute Gasteiger partial charge is 0.273 e. The third-order valence-corrected chi connectivity index (χ3v) is 1.80. The minimum absolute atomic E-state index is 0.192. The summed E-state index contributed by atoms with van der Waals surface area (Å²) >= 11 is 0. The molecule has 0 aromatic heterocycles. The first-order chi connectivity index (χ1) is 6.02. The molecule has 72 valence electrons. The predicted octanol–water partition coefficient (Wildman–Crippen LogP) is -0.177. The Bertz CT molecular complexity index is 244. The van der Waals surface area contributed by atoms with Gasteiger partial charge in [0.05, 0.1) is 0 Å². The van der Waals surface area contributed by atoms with Crippen molar-refractivity contribution in [1.82, 2.24) is 10.4 Å². The van der Waals surface area contributed by atoms with Crippen molar-refractivity contribution in [1.29, 1.82) is 0 Å². The summed E-state index contributed by atoms with van der Waals surface area (Å²) in [5.41, 5.74) is 2.27. The van der Waals surface area contributed by atoms with Crippen LogP contribution in [0.25, 0.3) is 0 Å². The summed E-state index contributed by atoms with van der Waals surface area (Å²) in [7, 11) is 0. The molecule has 0 aliphatic carbocycles. The number of imide groups is 1. The van der Waals surface area contributed by atoms with Crippen molar-refractivity contribution in [3.8, 4) is 0 Å². The third kappa shape index (κ3) is 2.05. The van der Waals surface area contributed by atoms with E-state index in [1.165, 1.54) is 0 Å². The van der Waals surface area contributed by atoms with Gasteiger partial charge < -0.3 is 0 Å². The molecule has 1 saturated heterocycles. The van der Waals surface area contributed by atoms with Crippen LogP contribution in [0.4, 0.5) is 0 Å². The molecule has 0 unspecified atom stereocenters. The van der Waals surface area contributed by atoms with Gasteiger partial charge in [0, 0.05) is 18.8 Å². The molecule has 1 rings (SSSR count). The van der Waals surface area contributed by atoms with E-state index in [4.69, 9.17) is 0 Å². The number of amides is 3. The maximum absolute atomic E-state index is 11.1. The molecular weight excluding hydrogens is 172 g/mol. The molecule has 0 radical (unpaired) electrons. The van der Waals surface area contributed by atoms with E-state index in [1.54, 1.807) is 13.8 Å². The van der Waals surface area contributed by atoms with Gasteiger partial charge in [-0.3, -0.25) is 19.8 Å². The summed E-state index contributed by atoms with van der Waals surface area (Å²) in [6, 6.07) is 0. The van der Waals surface area contributed by atoms with Gasteiger partial charge in [-0.1, -0.05) is 13.8 Å². The second kappa shape index (κ2) is 3.55. The maximum Gasteiger partial charge on any atom is 0.248 e. The highest BCUT2D eigenvalue weighted by atomic mass is 16.2. The molecule has 1 heterocycles. The first-order valence-corrected chi connectivity index (χ1v) is 4.18. The maximum atomic E-state index is 11.1. The Kier molecular flexibility index (Phi) is 2.65. The van der Waals surface area contributed by atoms with Crippen LogP contribution in [0.1, 0.15) is 26.7 Å². The summed E-state index contributed by atoms with van der Waals surface area (Å²) in [6.07, 6.45) is 0.383. The summed E-state index contributed by atoms with van der Waals surface area (Å²) in [4.78, 5) is 33.2. The molecule has 13 heavy (non-hydrogen) atoms. The average molecular weight is 184 g/mol. The van der Waals surface area contributed by atoms with Crippen LogP contribution in [-0.4, -0.2) is 22.7 Å². The highest BCUT2D eigenvalue weighted by Gasteiger charge is 2.30. The Morgan fingerprint density at radius 3 is 2.15 bits per heavy atom. The van der Waals surface area contributed by atoms with Crippen molar-refractivity contribution in [3.05, 3.63) is 0 Å². The smallest absolute Gasteiger partial charge is 0.248 e. The number of nitrogens with one attached hydrogen (secondary N) is 1. The van der Waals surface area contributed by atoms with E-state index in [1.807, 2.05) is 0 Å². The van der Waals surface area contributed by atoms with Crippen LogP contribution >= 0.6 is 0 Å². The van der Waals surface area contributed by atoms with Gasteiger partial charge >= 0.3 is 0 Å². The summed E-state index contributed by atoms with van der Waals surface area (Å²) in [5.74, 6) is -1.22. The van der Waals surface area contributed by atoms with Crippen LogP contribution in [0.15, 0.2) is 0 Å². The summed E-state index contributed by atoms with van der Waals surface area (Å²) in [5, 5.41) is 0.808. The summed E-state index contributed by atoms with van der Waals surface area (Å²) < 4.78 is 0. The fraction of sp³-hybridized carbons (Fsp3) is 0.625. The van der Waals surface area contributed by atoms with E-state index >= 15 is 0 Å². The fourth-order valence-electron chi connectivity index (χ4n) is 0.941. The molecule has 0 aromatic rings. The molecule has 1 aliphatic rings. The topological polar surface area (TPSA) is 66.5 Å². The van der Waals surface area contributed by atoms with Crippen LogP contribution in [0.2, 0.25) is 0 Å². The van der Waals surface area contributed by atoms with Crippen molar-refractivity contribution in [2.75, 3.05) is 0 Å². The molecule has 5 nitrogen and oxygen atoms in total. The van der Waals surface area contributed by atoms with Gasteiger partial charge in [-0.15, -0.1) is 0 Å². The Labute approximate surface area is 76.1 Å². The van der Waals surface area contributed by atoms with Crippen LogP contribution in [0, 0.1) is 5.92 Å². The van der Waals surface area contributed by atoms with Gasteiger partial charge in [-0.05, 0) is 0 Å². The monoisotopic (exact) mass is 184 g/mol. The lowest BCUT2D eigenvalue weighted by molar-refractivity contribution is -0.148. The number of hydrogen-bond acceptors (Lipinski definition) is 3. The van der Waals surface area contributed by atoms with E-state index in [0.29, 0.717) is 0 Å². The number of carbonyl (C=O) groups is 3. The number of hydrazine groups is 1. The van der Waals surface area contributed by atoms with Gasteiger partial charge in [0.25, 0.3) is 0 Å². The zero-order chi connectivity index (χ0) is 10.0. The number of hydrogen-bond donors (Lipinski definition) is 1. The lowest BCUT2D eigenvalue weighted by Crippen LogP contribution is -2.47. The second-order valence-corrected chi connectivity index (χ2v) is 3.25. The lowest BCUT2D eigenvalue weighted by atomic mass is 10.2. The zero-order valence-electron chi connectivity index (χ0n) is 7.66. The molecule has 1 aliphatic heterocycles. The first-order valence-electron chi connectivity index (χ1n) is 4.18. The van der Waals surface area contributed by atoms with Crippen molar-refractivity contribution < 1.29 is 14.4 Å². The fourth-order valence-corrected chi connectivity index (χ4v) is 0.941. The normalized spacial score (nSPS) is 17.0. The lowest BCUT2D eigenvalue weighted by Gasteiger charge is -2.16. The number of nitrogens with zero attached hydrogens (tertiary/aromatic N) is 1. The van der Waals surface area contributed by atoms with E-state index in [0.717, 1.165) is 5.01 Å². The average Bonchev–Trinajstić information content (AvgIpc) is 2.35. The minimum Gasteiger partial charge on any atom is -0.273 e. The van der Waals surface area contributed by atoms with Gasteiger partial charge in [0.15, 0.2) is 0 Å². The van der Waals surface area contributed by atoms with Crippen molar-refractivity contribution >= 4 is 17.7 Å². The molecule has 5 heteroatoms. The zero-order valence-corrected chi connectivity index (χ0v) is 7.66. The van der Waals surface area contributed by atoms with E-state index in [2.05, 4.69) is 5.43 Å². The predicted molar refractivity (Wildman–Crippen MR) is 44.1 cm³/mol. The van der Waals surface area contributed by atoms with Gasteiger partial charge in [-0.2, -0.15) is 5.01 Å². The SMILES string of the molecule is CC(C)C(=O)NN1C(=O)CCC1=O. The molecular formula is C8H12N2O3. The Balaban J connectivity index is 2.58. The highest BCUT2D eigenvalue weighted by molar-refractivity contribution is 6.03. The van der Waals surface area contributed by atoms with E-state index in [-0.39, 0.29) is 36.5 Å². The molecule has 0 aromatic carbocycles. The first kappa shape index (κ1) is 9.70. The van der Waals surface area contributed by atoms with Gasteiger partial charge in [-0.25, -0.2) is 0 Å².